The van der Waals surface area contributed by atoms with Crippen LogP contribution in [0.25, 0.3) is 11.1 Å². The van der Waals surface area contributed by atoms with E-state index in [1.807, 2.05) is 48.5 Å². The van der Waals surface area contributed by atoms with Gasteiger partial charge in [0.15, 0.2) is 5.78 Å². The van der Waals surface area contributed by atoms with Crippen LogP contribution in [0.15, 0.2) is 78.9 Å². The number of esters is 1. The number of amides is 2. The lowest BCUT2D eigenvalue weighted by atomic mass is 9.98. The zero-order chi connectivity index (χ0) is 35.6. The Labute approximate surface area is 283 Å². The zero-order valence-electron chi connectivity index (χ0n) is 26.2. The zero-order valence-corrected chi connectivity index (χ0v) is 27.8. The van der Waals surface area contributed by atoms with Gasteiger partial charge in [0.25, 0.3) is 20.2 Å². The summed E-state index contributed by atoms with van der Waals surface area (Å²) in [6, 6.07) is 22.1. The van der Waals surface area contributed by atoms with Crippen LogP contribution < -0.4 is 10.6 Å². The molecule has 262 valence electrons. The summed E-state index contributed by atoms with van der Waals surface area (Å²) in [6.45, 7) is -0.182. The van der Waals surface area contributed by atoms with Crippen molar-refractivity contribution < 1.29 is 54.6 Å². The molecule has 0 saturated carbocycles. The molecule has 2 atom stereocenters. The number of fused-ring (bicyclic) bond motifs is 3. The van der Waals surface area contributed by atoms with Crippen LogP contribution >= 0.6 is 0 Å². The van der Waals surface area contributed by atoms with Crippen molar-refractivity contribution in [3.05, 3.63) is 95.6 Å². The van der Waals surface area contributed by atoms with Gasteiger partial charge in [-0.2, -0.15) is 16.8 Å². The van der Waals surface area contributed by atoms with Gasteiger partial charge in [0.2, 0.25) is 5.91 Å². The first kappa shape index (κ1) is 37.2. The van der Waals surface area contributed by atoms with Gasteiger partial charge in [-0.15, -0.1) is 0 Å². The number of rotatable bonds is 17. The van der Waals surface area contributed by atoms with Gasteiger partial charge in [0, 0.05) is 18.9 Å². The number of ether oxygens (including phenoxy) is 2. The lowest BCUT2D eigenvalue weighted by Gasteiger charge is -2.21. The third-order valence-electron chi connectivity index (χ3n) is 7.73. The lowest BCUT2D eigenvalue weighted by molar-refractivity contribution is -0.147. The Bertz CT molecular complexity index is 1840. The van der Waals surface area contributed by atoms with Gasteiger partial charge in [-0.25, -0.2) is 4.79 Å². The van der Waals surface area contributed by atoms with E-state index in [-0.39, 0.29) is 38.5 Å². The molecule has 0 unspecified atom stereocenters. The molecule has 0 saturated heterocycles. The van der Waals surface area contributed by atoms with E-state index in [1.165, 1.54) is 0 Å². The minimum absolute atomic E-state index is 0.00862. The minimum Gasteiger partial charge on any atom is -0.465 e. The van der Waals surface area contributed by atoms with Crippen LogP contribution in [0.2, 0.25) is 0 Å². The average Bonchev–Trinajstić information content (AvgIpc) is 3.36. The van der Waals surface area contributed by atoms with Crippen LogP contribution in [0.5, 0.6) is 0 Å². The maximum absolute atomic E-state index is 13.2. The monoisotopic (exact) mass is 716 g/mol. The molecule has 1 aliphatic rings. The Kier molecular flexibility index (Phi) is 12.6. The van der Waals surface area contributed by atoms with Gasteiger partial charge in [-0.05, 0) is 34.2 Å². The molecule has 1 aliphatic carbocycles. The molecule has 0 bridgehead atoms. The number of carbonyl (C=O) groups is 4. The second-order valence-corrected chi connectivity index (χ2v) is 14.4. The topological polar surface area (TPSA) is 220 Å². The minimum atomic E-state index is -4.84. The second kappa shape index (κ2) is 16.6. The number of nitrogens with one attached hydrogen (secondary N) is 2. The van der Waals surface area contributed by atoms with E-state index in [9.17, 15) is 45.1 Å². The van der Waals surface area contributed by atoms with E-state index in [0.29, 0.717) is 0 Å². The van der Waals surface area contributed by atoms with Crippen molar-refractivity contribution in [2.24, 2.45) is 5.92 Å². The normalized spacial score (nSPS) is 13.8. The second-order valence-electron chi connectivity index (χ2n) is 11.4. The van der Waals surface area contributed by atoms with Crippen molar-refractivity contribution in [2.45, 2.75) is 37.8 Å². The van der Waals surface area contributed by atoms with E-state index in [0.717, 1.165) is 27.8 Å². The SMILES string of the molecule is O=C(C[C@@H](CS(=O)(=O)O)C(=O)N[C@@H](CS(=O)(=O)O)C(=O)CCCNC(=O)OCc1ccccc1)OCC1c2ccccc2-c2ccccc21. The van der Waals surface area contributed by atoms with Gasteiger partial charge in [-0.3, -0.25) is 23.5 Å². The summed E-state index contributed by atoms with van der Waals surface area (Å²) in [6.07, 6.45) is -1.97. The van der Waals surface area contributed by atoms with Crippen LogP contribution in [-0.2, 0) is 50.7 Å². The predicted octanol–water partition coefficient (Wildman–Crippen LogP) is 2.88. The third kappa shape index (κ3) is 11.5. The predicted molar refractivity (Wildman–Crippen MR) is 176 cm³/mol. The fraction of sp³-hybridized carbons (Fsp3) is 0.333. The molecule has 0 heterocycles. The molecule has 3 aromatic carbocycles. The van der Waals surface area contributed by atoms with E-state index < -0.39 is 73.9 Å². The molecular formula is C33H36N2O12S2. The maximum Gasteiger partial charge on any atom is 0.407 e. The number of carbonyl (C=O) groups excluding carboxylic acids is 4. The molecule has 0 fully saturated rings. The Morgan fingerprint density at radius 1 is 0.755 bits per heavy atom. The number of benzene rings is 3. The first-order valence-corrected chi connectivity index (χ1v) is 18.4. The van der Waals surface area contributed by atoms with Crippen LogP contribution in [0, 0.1) is 5.92 Å². The summed E-state index contributed by atoms with van der Waals surface area (Å²) in [5.41, 5.74) is 4.51. The van der Waals surface area contributed by atoms with Gasteiger partial charge in [0.1, 0.15) is 25.0 Å². The number of hydrogen-bond donors (Lipinski definition) is 4. The fourth-order valence-electron chi connectivity index (χ4n) is 5.47. The third-order valence-corrected chi connectivity index (χ3v) is 9.31. The van der Waals surface area contributed by atoms with Crippen molar-refractivity contribution in [1.82, 2.24) is 10.6 Å². The highest BCUT2D eigenvalue weighted by molar-refractivity contribution is 7.86. The molecule has 0 aromatic heterocycles. The molecule has 2 amide bonds. The largest absolute Gasteiger partial charge is 0.465 e. The first-order chi connectivity index (χ1) is 23.2. The Morgan fingerprint density at radius 3 is 1.92 bits per heavy atom. The quantitative estimate of drug-likeness (QED) is 0.0900. The standard InChI is InChI=1S/C33H36N2O12S2/c36-30(15-8-16-34-33(39)47-18-22-9-2-1-3-10-22)29(21-49(43,44)45)35-32(38)23(20-48(40,41)42)17-31(37)46-19-28-26-13-6-4-11-24(26)25-12-5-7-14-27(25)28/h1-7,9-14,23,28-29H,8,15-21H2,(H,34,39)(H,35,38)(H,40,41,42)(H,43,44,45)/t23-,29-/m0/s1. The lowest BCUT2D eigenvalue weighted by Crippen LogP contribution is -2.49. The van der Waals surface area contributed by atoms with Crippen LogP contribution in [0.1, 0.15) is 41.9 Å². The molecule has 0 spiro atoms. The van der Waals surface area contributed by atoms with Crippen molar-refractivity contribution in [2.75, 3.05) is 24.7 Å². The number of Topliss-reactive ketones (excluding diaryl/α,β-unsaturated/α-hetero) is 1. The van der Waals surface area contributed by atoms with E-state index in [4.69, 9.17) is 9.47 Å². The number of ketones is 1. The van der Waals surface area contributed by atoms with Crippen molar-refractivity contribution in [3.8, 4) is 11.1 Å². The summed E-state index contributed by atoms with van der Waals surface area (Å²) >= 11 is 0. The molecule has 4 N–H and O–H groups in total. The van der Waals surface area contributed by atoms with Gasteiger partial charge in [0.05, 0.1) is 18.1 Å². The Morgan fingerprint density at radius 2 is 1.33 bits per heavy atom. The molecule has 3 aromatic rings. The van der Waals surface area contributed by atoms with Crippen LogP contribution in [-0.4, -0.2) is 80.4 Å². The van der Waals surface area contributed by atoms with E-state index >= 15 is 0 Å². The highest BCUT2D eigenvalue weighted by atomic mass is 32.2. The van der Waals surface area contributed by atoms with Crippen molar-refractivity contribution >= 4 is 44.0 Å². The number of alkyl carbamates (subject to hydrolysis) is 1. The summed E-state index contributed by atoms with van der Waals surface area (Å²) in [5.74, 6) is -7.66. The average molecular weight is 717 g/mol. The Hall–Kier alpha value is -4.64. The van der Waals surface area contributed by atoms with Crippen molar-refractivity contribution in [1.29, 1.82) is 0 Å². The Balaban J connectivity index is 1.34. The maximum atomic E-state index is 13.2. The molecule has 16 heteroatoms. The smallest absolute Gasteiger partial charge is 0.407 e. The molecule has 0 aliphatic heterocycles. The highest BCUT2D eigenvalue weighted by Gasteiger charge is 2.34. The summed E-state index contributed by atoms with van der Waals surface area (Å²) < 4.78 is 76.3. The van der Waals surface area contributed by atoms with Crippen LogP contribution in [0.4, 0.5) is 4.79 Å². The van der Waals surface area contributed by atoms with E-state index in [2.05, 4.69) is 10.6 Å². The summed E-state index contributed by atoms with van der Waals surface area (Å²) in [7, 11) is -9.66. The fourth-order valence-corrected chi connectivity index (χ4v) is 6.94. The van der Waals surface area contributed by atoms with Crippen LogP contribution in [0.3, 0.4) is 0 Å². The van der Waals surface area contributed by atoms with Crippen molar-refractivity contribution in [3.63, 3.8) is 0 Å². The number of hydrogen-bond acceptors (Lipinski definition) is 10. The van der Waals surface area contributed by atoms with Gasteiger partial charge >= 0.3 is 12.1 Å². The molecule has 14 nitrogen and oxygen atoms in total. The highest BCUT2D eigenvalue weighted by Crippen LogP contribution is 2.44. The van der Waals surface area contributed by atoms with Gasteiger partial charge in [-0.1, -0.05) is 78.9 Å². The summed E-state index contributed by atoms with van der Waals surface area (Å²) in [5, 5.41) is 4.52. The first-order valence-electron chi connectivity index (χ1n) is 15.2. The molecular weight excluding hydrogens is 680 g/mol. The summed E-state index contributed by atoms with van der Waals surface area (Å²) in [4.78, 5) is 50.9. The van der Waals surface area contributed by atoms with E-state index in [1.54, 1.807) is 30.3 Å². The molecule has 0 radical (unpaired) electrons. The molecule has 49 heavy (non-hydrogen) atoms. The van der Waals surface area contributed by atoms with Gasteiger partial charge < -0.3 is 20.1 Å². The molecule has 4 rings (SSSR count).